The first-order valence-corrected chi connectivity index (χ1v) is 12.0. The van der Waals surface area contributed by atoms with Crippen molar-refractivity contribution in [3.8, 4) is 5.75 Å². The number of methoxy groups -OCH3 is 1. The lowest BCUT2D eigenvalue weighted by atomic mass is 10.3. The van der Waals surface area contributed by atoms with Gasteiger partial charge in [-0.05, 0) is 63.2 Å². The van der Waals surface area contributed by atoms with Crippen LogP contribution in [0, 0.1) is 6.92 Å². The standard InChI is InChI=1S/C22H26ClN5O3S/c1-5-28(6-2)22-14-21(24-15(3)25-22)26-17-8-10-18(11-9-17)27-32(29,30)20-13-16(23)7-12-19(20)31-4/h7-14,27H,5-6H2,1-4H3,(H,24,25,26). The summed E-state index contributed by atoms with van der Waals surface area (Å²) in [6.45, 7) is 7.69. The normalized spacial score (nSPS) is 11.2. The predicted octanol–water partition coefficient (Wildman–Crippen LogP) is 4.84. The zero-order valence-corrected chi connectivity index (χ0v) is 20.0. The van der Waals surface area contributed by atoms with Gasteiger partial charge in [0.15, 0.2) is 0 Å². The van der Waals surface area contributed by atoms with Gasteiger partial charge in [-0.25, -0.2) is 18.4 Å². The number of halogens is 1. The highest BCUT2D eigenvalue weighted by Gasteiger charge is 2.20. The number of benzene rings is 2. The smallest absolute Gasteiger partial charge is 0.265 e. The van der Waals surface area contributed by atoms with E-state index < -0.39 is 10.0 Å². The number of aryl methyl sites for hydroxylation is 1. The van der Waals surface area contributed by atoms with Crippen LogP contribution in [0.5, 0.6) is 5.75 Å². The summed E-state index contributed by atoms with van der Waals surface area (Å²) in [6.07, 6.45) is 0. The van der Waals surface area contributed by atoms with Gasteiger partial charge in [0.1, 0.15) is 28.1 Å². The van der Waals surface area contributed by atoms with Crippen LogP contribution >= 0.6 is 11.6 Å². The van der Waals surface area contributed by atoms with Crippen LogP contribution in [0.3, 0.4) is 0 Å². The average Bonchev–Trinajstić information content (AvgIpc) is 2.75. The molecule has 0 amide bonds. The summed E-state index contributed by atoms with van der Waals surface area (Å²) in [5.41, 5.74) is 1.16. The quantitative estimate of drug-likeness (QED) is 0.457. The lowest BCUT2D eigenvalue weighted by Gasteiger charge is -2.20. The van der Waals surface area contributed by atoms with Crippen molar-refractivity contribution in [2.24, 2.45) is 0 Å². The molecule has 0 unspecified atom stereocenters. The van der Waals surface area contributed by atoms with E-state index in [4.69, 9.17) is 16.3 Å². The fourth-order valence-electron chi connectivity index (χ4n) is 3.17. The van der Waals surface area contributed by atoms with Crippen LogP contribution in [-0.4, -0.2) is 38.6 Å². The highest BCUT2D eigenvalue weighted by molar-refractivity contribution is 7.92. The Morgan fingerprint density at radius 3 is 2.28 bits per heavy atom. The van der Waals surface area contributed by atoms with Crippen molar-refractivity contribution in [3.05, 3.63) is 59.4 Å². The van der Waals surface area contributed by atoms with E-state index in [-0.39, 0.29) is 10.6 Å². The van der Waals surface area contributed by atoms with E-state index in [2.05, 4.69) is 38.8 Å². The van der Waals surface area contributed by atoms with Gasteiger partial charge in [-0.15, -0.1) is 0 Å². The monoisotopic (exact) mass is 475 g/mol. The van der Waals surface area contributed by atoms with E-state index in [0.717, 1.165) is 24.6 Å². The number of anilines is 4. The molecule has 32 heavy (non-hydrogen) atoms. The van der Waals surface area contributed by atoms with E-state index in [0.29, 0.717) is 22.4 Å². The maximum Gasteiger partial charge on any atom is 0.265 e. The van der Waals surface area contributed by atoms with Crippen molar-refractivity contribution >= 4 is 44.6 Å². The molecule has 3 aromatic rings. The summed E-state index contributed by atoms with van der Waals surface area (Å²) in [7, 11) is -2.48. The third-order valence-electron chi connectivity index (χ3n) is 4.74. The third kappa shape index (κ3) is 5.60. The Hall–Kier alpha value is -3.04. The van der Waals surface area contributed by atoms with E-state index >= 15 is 0 Å². The van der Waals surface area contributed by atoms with Crippen molar-refractivity contribution in [2.75, 3.05) is 35.1 Å². The number of sulfonamides is 1. The summed E-state index contributed by atoms with van der Waals surface area (Å²) in [5, 5.41) is 3.54. The maximum atomic E-state index is 12.8. The molecule has 0 saturated carbocycles. The van der Waals surface area contributed by atoms with Gasteiger partial charge in [0.05, 0.1) is 7.11 Å². The second-order valence-electron chi connectivity index (χ2n) is 6.93. The van der Waals surface area contributed by atoms with Crippen molar-refractivity contribution < 1.29 is 13.2 Å². The van der Waals surface area contributed by atoms with Crippen molar-refractivity contribution in [3.63, 3.8) is 0 Å². The van der Waals surface area contributed by atoms with Crippen LogP contribution in [0.2, 0.25) is 5.02 Å². The molecule has 0 aliphatic heterocycles. The lowest BCUT2D eigenvalue weighted by Crippen LogP contribution is -2.23. The van der Waals surface area contributed by atoms with E-state index in [1.165, 1.54) is 19.2 Å². The molecular formula is C22H26ClN5O3S. The molecule has 2 N–H and O–H groups in total. The molecule has 2 aromatic carbocycles. The van der Waals surface area contributed by atoms with E-state index in [1.807, 2.05) is 13.0 Å². The number of aromatic nitrogens is 2. The first-order chi connectivity index (χ1) is 15.2. The van der Waals surface area contributed by atoms with Crippen molar-refractivity contribution in [1.82, 2.24) is 9.97 Å². The minimum Gasteiger partial charge on any atom is -0.495 e. The molecule has 1 aromatic heterocycles. The average molecular weight is 476 g/mol. The molecule has 0 bridgehead atoms. The van der Waals surface area contributed by atoms with E-state index in [1.54, 1.807) is 30.3 Å². The predicted molar refractivity (Wildman–Crippen MR) is 129 cm³/mol. The summed E-state index contributed by atoms with van der Waals surface area (Å²) in [6, 6.07) is 13.2. The second-order valence-corrected chi connectivity index (χ2v) is 9.02. The highest BCUT2D eigenvalue weighted by Crippen LogP contribution is 2.29. The topological polar surface area (TPSA) is 96.5 Å². The molecular weight excluding hydrogens is 450 g/mol. The summed E-state index contributed by atoms with van der Waals surface area (Å²) < 4.78 is 33.3. The Kier molecular flexibility index (Phi) is 7.42. The minimum absolute atomic E-state index is 0.0323. The third-order valence-corrected chi connectivity index (χ3v) is 6.37. The number of hydrogen-bond donors (Lipinski definition) is 2. The summed E-state index contributed by atoms with van der Waals surface area (Å²) in [5.74, 6) is 2.39. The molecule has 8 nitrogen and oxygen atoms in total. The van der Waals surface area contributed by atoms with Crippen LogP contribution in [-0.2, 0) is 10.0 Å². The molecule has 170 valence electrons. The molecule has 0 radical (unpaired) electrons. The fraction of sp³-hybridized carbons (Fsp3) is 0.273. The van der Waals surface area contributed by atoms with Crippen LogP contribution < -0.4 is 19.7 Å². The minimum atomic E-state index is -3.88. The van der Waals surface area contributed by atoms with Gasteiger partial charge in [-0.2, -0.15) is 0 Å². The number of ether oxygens (including phenoxy) is 1. The Balaban J connectivity index is 1.78. The molecule has 3 rings (SSSR count). The molecule has 0 spiro atoms. The number of rotatable bonds is 9. The molecule has 0 fully saturated rings. The van der Waals surface area contributed by atoms with Gasteiger partial charge < -0.3 is 15.0 Å². The van der Waals surface area contributed by atoms with Gasteiger partial charge in [-0.3, -0.25) is 4.72 Å². The Labute approximate surface area is 193 Å². The van der Waals surface area contributed by atoms with Gasteiger partial charge >= 0.3 is 0 Å². The SMILES string of the molecule is CCN(CC)c1cc(Nc2ccc(NS(=O)(=O)c3cc(Cl)ccc3OC)cc2)nc(C)n1. The Morgan fingerprint density at radius 1 is 1.00 bits per heavy atom. The molecule has 0 aliphatic rings. The first-order valence-electron chi connectivity index (χ1n) is 10.1. The zero-order chi connectivity index (χ0) is 23.3. The van der Waals surface area contributed by atoms with Gasteiger partial charge in [0.2, 0.25) is 0 Å². The fourth-order valence-corrected chi connectivity index (χ4v) is 4.66. The zero-order valence-electron chi connectivity index (χ0n) is 18.4. The summed E-state index contributed by atoms with van der Waals surface area (Å²) >= 11 is 5.97. The van der Waals surface area contributed by atoms with Gasteiger partial charge in [0, 0.05) is 35.6 Å². The summed E-state index contributed by atoms with van der Waals surface area (Å²) in [4.78, 5) is 11.1. The highest BCUT2D eigenvalue weighted by atomic mass is 35.5. The van der Waals surface area contributed by atoms with Crippen LogP contribution in [0.25, 0.3) is 0 Å². The van der Waals surface area contributed by atoms with Crippen LogP contribution in [0.4, 0.5) is 23.0 Å². The molecule has 0 saturated heterocycles. The van der Waals surface area contributed by atoms with Crippen molar-refractivity contribution in [2.45, 2.75) is 25.7 Å². The molecule has 0 aliphatic carbocycles. The van der Waals surface area contributed by atoms with Crippen molar-refractivity contribution in [1.29, 1.82) is 0 Å². The number of hydrogen-bond acceptors (Lipinski definition) is 7. The first kappa shape index (κ1) is 23.6. The van der Waals surface area contributed by atoms with Gasteiger partial charge in [0.25, 0.3) is 10.0 Å². The van der Waals surface area contributed by atoms with E-state index in [9.17, 15) is 8.42 Å². The Morgan fingerprint density at radius 2 is 1.66 bits per heavy atom. The second kappa shape index (κ2) is 10.1. The molecule has 10 heteroatoms. The van der Waals surface area contributed by atoms with Crippen LogP contribution in [0.1, 0.15) is 19.7 Å². The largest absolute Gasteiger partial charge is 0.495 e. The number of nitrogens with one attached hydrogen (secondary N) is 2. The van der Waals surface area contributed by atoms with Crippen LogP contribution in [0.15, 0.2) is 53.4 Å². The molecule has 0 atom stereocenters. The maximum absolute atomic E-state index is 12.8. The number of nitrogens with zero attached hydrogens (tertiary/aromatic N) is 3. The Bertz CT molecular complexity index is 1180. The lowest BCUT2D eigenvalue weighted by molar-refractivity contribution is 0.403. The van der Waals surface area contributed by atoms with Gasteiger partial charge in [-0.1, -0.05) is 11.6 Å². The molecule has 1 heterocycles.